The van der Waals surface area contributed by atoms with Crippen LogP contribution in [0.25, 0.3) is 0 Å². The molecule has 0 radical (unpaired) electrons. The van der Waals surface area contributed by atoms with Gasteiger partial charge in [0.15, 0.2) is 0 Å². The SMILES string of the molecule is CCCC1CCCN(C(=O)c2cc(C)cc(N)c2)CC1. The van der Waals surface area contributed by atoms with Gasteiger partial charge in [0.25, 0.3) is 5.91 Å². The van der Waals surface area contributed by atoms with Crippen LogP contribution >= 0.6 is 0 Å². The Kier molecular flexibility index (Phi) is 5.05. The van der Waals surface area contributed by atoms with Crippen LogP contribution in [0, 0.1) is 12.8 Å². The van der Waals surface area contributed by atoms with E-state index in [2.05, 4.69) is 6.92 Å². The molecule has 0 saturated carbocycles. The van der Waals surface area contributed by atoms with E-state index in [0.29, 0.717) is 5.69 Å². The zero-order valence-corrected chi connectivity index (χ0v) is 12.7. The molecular weight excluding hydrogens is 248 g/mol. The van der Waals surface area contributed by atoms with Gasteiger partial charge in [0.05, 0.1) is 0 Å². The summed E-state index contributed by atoms with van der Waals surface area (Å²) in [4.78, 5) is 14.6. The van der Waals surface area contributed by atoms with Gasteiger partial charge in [0.2, 0.25) is 0 Å². The molecule has 1 atom stereocenters. The molecule has 1 aromatic rings. The van der Waals surface area contributed by atoms with E-state index in [4.69, 9.17) is 5.73 Å². The van der Waals surface area contributed by atoms with Gasteiger partial charge in [-0.15, -0.1) is 0 Å². The smallest absolute Gasteiger partial charge is 0.253 e. The van der Waals surface area contributed by atoms with E-state index in [1.165, 1.54) is 19.3 Å². The zero-order chi connectivity index (χ0) is 14.5. The van der Waals surface area contributed by atoms with E-state index in [1.54, 1.807) is 6.07 Å². The molecule has 1 amide bonds. The molecule has 20 heavy (non-hydrogen) atoms. The minimum atomic E-state index is 0.137. The van der Waals surface area contributed by atoms with Crippen LogP contribution in [0.15, 0.2) is 18.2 Å². The maximum Gasteiger partial charge on any atom is 0.253 e. The first-order valence-corrected chi connectivity index (χ1v) is 7.76. The molecule has 0 aliphatic carbocycles. The van der Waals surface area contributed by atoms with Gasteiger partial charge in [0.1, 0.15) is 0 Å². The van der Waals surface area contributed by atoms with Crippen LogP contribution in [0.1, 0.15) is 54.9 Å². The summed E-state index contributed by atoms with van der Waals surface area (Å²) in [6.07, 6.45) is 6.05. The zero-order valence-electron chi connectivity index (χ0n) is 12.7. The van der Waals surface area contributed by atoms with Crippen LogP contribution in [-0.2, 0) is 0 Å². The van der Waals surface area contributed by atoms with E-state index in [0.717, 1.165) is 43.0 Å². The molecule has 2 N–H and O–H groups in total. The summed E-state index contributed by atoms with van der Waals surface area (Å²) < 4.78 is 0. The Balaban J connectivity index is 2.05. The van der Waals surface area contributed by atoms with Gasteiger partial charge in [0, 0.05) is 24.3 Å². The molecule has 1 aromatic carbocycles. The molecule has 2 rings (SSSR count). The summed E-state index contributed by atoms with van der Waals surface area (Å²) in [7, 11) is 0. The van der Waals surface area contributed by atoms with Gasteiger partial charge in [-0.3, -0.25) is 4.79 Å². The van der Waals surface area contributed by atoms with Crippen LogP contribution in [0.5, 0.6) is 0 Å². The number of anilines is 1. The number of hydrogen-bond acceptors (Lipinski definition) is 2. The Morgan fingerprint density at radius 1 is 1.30 bits per heavy atom. The second-order valence-electron chi connectivity index (χ2n) is 6.01. The highest BCUT2D eigenvalue weighted by atomic mass is 16.2. The van der Waals surface area contributed by atoms with E-state index in [-0.39, 0.29) is 5.91 Å². The second-order valence-corrected chi connectivity index (χ2v) is 6.01. The molecule has 0 spiro atoms. The lowest BCUT2D eigenvalue weighted by molar-refractivity contribution is 0.0760. The summed E-state index contributed by atoms with van der Waals surface area (Å²) in [5.74, 6) is 0.929. The molecule has 0 aromatic heterocycles. The average molecular weight is 274 g/mol. The Labute approximate surface area is 122 Å². The van der Waals surface area contributed by atoms with Gasteiger partial charge < -0.3 is 10.6 Å². The van der Waals surface area contributed by atoms with Crippen molar-refractivity contribution in [2.24, 2.45) is 5.92 Å². The molecule has 0 bridgehead atoms. The monoisotopic (exact) mass is 274 g/mol. The van der Waals surface area contributed by atoms with E-state index >= 15 is 0 Å². The van der Waals surface area contributed by atoms with Crippen molar-refractivity contribution in [2.45, 2.75) is 46.0 Å². The van der Waals surface area contributed by atoms with Crippen molar-refractivity contribution in [2.75, 3.05) is 18.8 Å². The quantitative estimate of drug-likeness (QED) is 0.856. The summed E-state index contributed by atoms with van der Waals surface area (Å²) >= 11 is 0. The number of nitrogens with zero attached hydrogens (tertiary/aromatic N) is 1. The summed E-state index contributed by atoms with van der Waals surface area (Å²) in [5.41, 5.74) is 8.30. The van der Waals surface area contributed by atoms with Crippen molar-refractivity contribution >= 4 is 11.6 Å². The van der Waals surface area contributed by atoms with Gasteiger partial charge in [-0.1, -0.05) is 19.8 Å². The molecule has 1 aliphatic rings. The van der Waals surface area contributed by atoms with Crippen molar-refractivity contribution in [3.8, 4) is 0 Å². The summed E-state index contributed by atoms with van der Waals surface area (Å²) in [5, 5.41) is 0. The van der Waals surface area contributed by atoms with Crippen molar-refractivity contribution in [1.29, 1.82) is 0 Å². The minimum Gasteiger partial charge on any atom is -0.399 e. The van der Waals surface area contributed by atoms with Gasteiger partial charge in [-0.05, 0) is 55.9 Å². The van der Waals surface area contributed by atoms with E-state index in [1.807, 2.05) is 24.0 Å². The Bertz CT molecular complexity index is 450. The lowest BCUT2D eigenvalue weighted by atomic mass is 9.96. The molecule has 3 heteroatoms. The number of benzene rings is 1. The summed E-state index contributed by atoms with van der Waals surface area (Å²) in [6, 6.07) is 5.63. The van der Waals surface area contributed by atoms with Crippen LogP contribution < -0.4 is 5.73 Å². The standard InChI is InChI=1S/C17H26N2O/c1-3-5-14-6-4-8-19(9-7-14)17(20)15-10-13(2)11-16(18)12-15/h10-12,14H,3-9,18H2,1-2H3. The van der Waals surface area contributed by atoms with E-state index in [9.17, 15) is 4.79 Å². The fourth-order valence-electron chi connectivity index (χ4n) is 3.18. The number of carbonyl (C=O) groups excluding carboxylic acids is 1. The van der Waals surface area contributed by atoms with Crippen molar-refractivity contribution in [3.05, 3.63) is 29.3 Å². The predicted octanol–water partition coefficient (Wildman–Crippen LogP) is 3.62. The number of rotatable bonds is 3. The lowest BCUT2D eigenvalue weighted by Gasteiger charge is -2.21. The van der Waals surface area contributed by atoms with Crippen LogP contribution in [0.2, 0.25) is 0 Å². The minimum absolute atomic E-state index is 0.137. The van der Waals surface area contributed by atoms with Gasteiger partial charge in [-0.25, -0.2) is 0 Å². The largest absolute Gasteiger partial charge is 0.399 e. The van der Waals surface area contributed by atoms with Crippen molar-refractivity contribution in [1.82, 2.24) is 4.90 Å². The Morgan fingerprint density at radius 3 is 2.80 bits per heavy atom. The number of carbonyl (C=O) groups is 1. The van der Waals surface area contributed by atoms with Gasteiger partial charge in [-0.2, -0.15) is 0 Å². The number of nitrogen functional groups attached to an aromatic ring is 1. The average Bonchev–Trinajstić information content (AvgIpc) is 2.63. The maximum absolute atomic E-state index is 12.6. The third-order valence-corrected chi connectivity index (χ3v) is 4.18. The van der Waals surface area contributed by atoms with Gasteiger partial charge >= 0.3 is 0 Å². The number of likely N-dealkylation sites (tertiary alicyclic amines) is 1. The Morgan fingerprint density at radius 2 is 2.10 bits per heavy atom. The fraction of sp³-hybridized carbons (Fsp3) is 0.588. The molecule has 110 valence electrons. The third kappa shape index (κ3) is 3.75. The maximum atomic E-state index is 12.6. The van der Waals surface area contributed by atoms with Crippen molar-refractivity contribution in [3.63, 3.8) is 0 Å². The highest BCUT2D eigenvalue weighted by Crippen LogP contribution is 2.23. The molecule has 1 unspecified atom stereocenters. The summed E-state index contributed by atoms with van der Waals surface area (Å²) in [6.45, 7) is 5.99. The Hall–Kier alpha value is -1.51. The normalized spacial score (nSPS) is 19.7. The highest BCUT2D eigenvalue weighted by Gasteiger charge is 2.21. The number of nitrogens with two attached hydrogens (primary N) is 1. The second kappa shape index (κ2) is 6.78. The molecule has 1 aliphatic heterocycles. The number of hydrogen-bond donors (Lipinski definition) is 1. The van der Waals surface area contributed by atoms with Crippen LogP contribution in [0.4, 0.5) is 5.69 Å². The lowest BCUT2D eigenvalue weighted by Crippen LogP contribution is -2.32. The number of aryl methyl sites for hydroxylation is 1. The molecule has 1 fully saturated rings. The molecule has 1 saturated heterocycles. The molecule has 1 heterocycles. The fourth-order valence-corrected chi connectivity index (χ4v) is 3.18. The first-order chi connectivity index (χ1) is 9.60. The number of amides is 1. The van der Waals surface area contributed by atoms with Crippen LogP contribution in [-0.4, -0.2) is 23.9 Å². The van der Waals surface area contributed by atoms with E-state index < -0.39 is 0 Å². The molecular formula is C17H26N2O. The van der Waals surface area contributed by atoms with Crippen molar-refractivity contribution < 1.29 is 4.79 Å². The third-order valence-electron chi connectivity index (χ3n) is 4.18. The first-order valence-electron chi connectivity index (χ1n) is 7.76. The molecule has 3 nitrogen and oxygen atoms in total. The predicted molar refractivity (Wildman–Crippen MR) is 83.7 cm³/mol. The van der Waals surface area contributed by atoms with Crippen LogP contribution in [0.3, 0.4) is 0 Å². The topological polar surface area (TPSA) is 46.3 Å². The first kappa shape index (κ1) is 14.9. The highest BCUT2D eigenvalue weighted by molar-refractivity contribution is 5.95.